The third kappa shape index (κ3) is 2.43. The number of aryl methyl sites for hydroxylation is 1. The molecular weight excluding hydrogens is 248 g/mol. The Bertz CT molecular complexity index is 633. The molecular formula is C13H14N2O4. The van der Waals surface area contributed by atoms with E-state index in [-0.39, 0.29) is 0 Å². The molecule has 1 aromatic heterocycles. The average Bonchev–Trinajstić information content (AvgIpc) is 2.71. The van der Waals surface area contributed by atoms with Crippen molar-refractivity contribution >= 4 is 22.8 Å². The minimum absolute atomic E-state index is 0.398. The Balaban J connectivity index is 2.36. The first-order chi connectivity index (χ1) is 9.04. The molecule has 0 aliphatic rings. The smallest absolute Gasteiger partial charge is 0.328 e. The zero-order valence-corrected chi connectivity index (χ0v) is 10.3. The summed E-state index contributed by atoms with van der Waals surface area (Å²) < 4.78 is 0. The second-order valence-corrected chi connectivity index (χ2v) is 4.22. The third-order valence-corrected chi connectivity index (χ3v) is 2.91. The zero-order valence-electron chi connectivity index (χ0n) is 10.3. The summed E-state index contributed by atoms with van der Waals surface area (Å²) in [5.74, 6) is -1.79. The number of carboxylic acids is 1. The van der Waals surface area contributed by atoms with Crippen molar-refractivity contribution in [3.63, 3.8) is 0 Å². The van der Waals surface area contributed by atoms with E-state index in [0.29, 0.717) is 11.3 Å². The van der Waals surface area contributed by atoms with Crippen LogP contribution in [0.2, 0.25) is 0 Å². The fraction of sp³-hybridized carbons (Fsp3) is 0.231. The molecule has 0 aliphatic carbocycles. The molecule has 0 spiro atoms. The van der Waals surface area contributed by atoms with Gasteiger partial charge in [0.1, 0.15) is 0 Å². The first-order valence-corrected chi connectivity index (χ1v) is 5.76. The molecule has 0 fully saturated rings. The average molecular weight is 262 g/mol. The number of aromatic amines is 1. The molecule has 6 heteroatoms. The molecule has 4 N–H and O–H groups in total. The Morgan fingerprint density at radius 1 is 1.37 bits per heavy atom. The number of H-pyrrole nitrogens is 1. The van der Waals surface area contributed by atoms with Gasteiger partial charge in [-0.25, -0.2) is 4.79 Å². The zero-order chi connectivity index (χ0) is 14.0. The van der Waals surface area contributed by atoms with Gasteiger partial charge in [0.2, 0.25) is 0 Å². The quantitative estimate of drug-likeness (QED) is 0.649. The van der Waals surface area contributed by atoms with Gasteiger partial charge in [-0.05, 0) is 13.0 Å². The summed E-state index contributed by atoms with van der Waals surface area (Å²) in [7, 11) is 0. The van der Waals surface area contributed by atoms with Gasteiger partial charge in [-0.2, -0.15) is 0 Å². The molecule has 0 aliphatic heterocycles. The number of aliphatic carboxylic acids is 1. The molecule has 100 valence electrons. The lowest BCUT2D eigenvalue weighted by Crippen LogP contribution is -2.43. The molecule has 0 bridgehead atoms. The van der Waals surface area contributed by atoms with E-state index in [1.54, 1.807) is 19.1 Å². The Morgan fingerprint density at radius 3 is 2.68 bits per heavy atom. The van der Waals surface area contributed by atoms with Crippen LogP contribution in [0.15, 0.2) is 24.3 Å². The van der Waals surface area contributed by atoms with Crippen molar-refractivity contribution in [1.29, 1.82) is 0 Å². The molecule has 0 saturated heterocycles. The van der Waals surface area contributed by atoms with Crippen molar-refractivity contribution in [2.24, 2.45) is 0 Å². The number of carbonyl (C=O) groups excluding carboxylic acids is 1. The van der Waals surface area contributed by atoms with Crippen molar-refractivity contribution in [2.75, 3.05) is 6.61 Å². The van der Waals surface area contributed by atoms with Gasteiger partial charge < -0.3 is 20.5 Å². The predicted molar refractivity (Wildman–Crippen MR) is 69.0 cm³/mol. The van der Waals surface area contributed by atoms with Gasteiger partial charge in [0.05, 0.1) is 12.2 Å². The number of para-hydroxylation sites is 1. The summed E-state index contributed by atoms with van der Waals surface area (Å²) in [5.41, 5.74) is 1.86. The predicted octanol–water partition coefficient (Wildman–Crippen LogP) is 0.652. The number of hydrogen-bond donors (Lipinski definition) is 4. The second kappa shape index (κ2) is 5.11. The van der Waals surface area contributed by atoms with E-state index in [9.17, 15) is 9.59 Å². The molecule has 1 amide bonds. The van der Waals surface area contributed by atoms with Crippen LogP contribution in [0.5, 0.6) is 0 Å². The lowest BCUT2D eigenvalue weighted by molar-refractivity contribution is -0.140. The largest absolute Gasteiger partial charge is 0.480 e. The molecule has 1 heterocycles. The monoisotopic (exact) mass is 262 g/mol. The van der Waals surface area contributed by atoms with Crippen molar-refractivity contribution in [1.82, 2.24) is 10.3 Å². The minimum Gasteiger partial charge on any atom is -0.480 e. The van der Waals surface area contributed by atoms with Gasteiger partial charge >= 0.3 is 5.97 Å². The van der Waals surface area contributed by atoms with Crippen LogP contribution in [0, 0.1) is 6.92 Å². The van der Waals surface area contributed by atoms with E-state index in [2.05, 4.69) is 10.3 Å². The van der Waals surface area contributed by atoms with Gasteiger partial charge in [0.15, 0.2) is 6.04 Å². The van der Waals surface area contributed by atoms with Crippen LogP contribution in [-0.4, -0.2) is 39.7 Å². The van der Waals surface area contributed by atoms with E-state index in [0.717, 1.165) is 10.9 Å². The van der Waals surface area contributed by atoms with Crippen LogP contribution in [-0.2, 0) is 4.79 Å². The number of carbonyl (C=O) groups is 2. The summed E-state index contributed by atoms with van der Waals surface area (Å²) in [5, 5.41) is 20.8. The lowest BCUT2D eigenvalue weighted by atomic mass is 10.1. The van der Waals surface area contributed by atoms with Crippen molar-refractivity contribution in [2.45, 2.75) is 13.0 Å². The number of carboxylic acid groups (broad SMARTS) is 1. The summed E-state index contributed by atoms with van der Waals surface area (Å²) in [6.45, 7) is 1.09. The van der Waals surface area contributed by atoms with E-state index in [4.69, 9.17) is 10.2 Å². The number of aliphatic hydroxyl groups is 1. The molecule has 0 radical (unpaired) electrons. The van der Waals surface area contributed by atoms with E-state index >= 15 is 0 Å². The van der Waals surface area contributed by atoms with Crippen LogP contribution < -0.4 is 5.32 Å². The second-order valence-electron chi connectivity index (χ2n) is 4.22. The minimum atomic E-state index is -1.31. The van der Waals surface area contributed by atoms with Gasteiger partial charge in [-0.3, -0.25) is 4.79 Å². The number of aromatic nitrogens is 1. The standard InChI is InChI=1S/C13H14N2O4/c1-7-11(8-4-2-3-5-9(8)14-7)12(17)15-10(6-16)13(18)19/h2-5,10,14,16H,6H2,1H3,(H,15,17)(H,18,19). The highest BCUT2D eigenvalue weighted by Gasteiger charge is 2.22. The SMILES string of the molecule is Cc1[nH]c2ccccc2c1C(=O)NC(CO)C(=O)O. The number of hydrogen-bond acceptors (Lipinski definition) is 3. The Kier molecular flexibility index (Phi) is 3.52. The lowest BCUT2D eigenvalue weighted by Gasteiger charge is -2.11. The number of nitrogens with one attached hydrogen (secondary N) is 2. The van der Waals surface area contributed by atoms with Crippen molar-refractivity contribution in [3.8, 4) is 0 Å². The van der Waals surface area contributed by atoms with Gasteiger partial charge in [-0.1, -0.05) is 18.2 Å². The molecule has 6 nitrogen and oxygen atoms in total. The number of amides is 1. The van der Waals surface area contributed by atoms with Crippen LogP contribution in [0.25, 0.3) is 10.9 Å². The fourth-order valence-electron chi connectivity index (χ4n) is 1.99. The molecule has 1 aromatic carbocycles. The van der Waals surface area contributed by atoms with E-state index in [1.807, 2.05) is 12.1 Å². The highest BCUT2D eigenvalue weighted by Crippen LogP contribution is 2.21. The molecule has 1 unspecified atom stereocenters. The molecule has 0 saturated carbocycles. The van der Waals surface area contributed by atoms with Crippen LogP contribution in [0.4, 0.5) is 0 Å². The van der Waals surface area contributed by atoms with Crippen molar-refractivity contribution in [3.05, 3.63) is 35.5 Å². The summed E-state index contributed by atoms with van der Waals surface area (Å²) in [4.78, 5) is 26.0. The third-order valence-electron chi connectivity index (χ3n) is 2.91. The molecule has 2 aromatic rings. The van der Waals surface area contributed by atoms with E-state index < -0.39 is 24.5 Å². The van der Waals surface area contributed by atoms with Gasteiger partial charge in [0, 0.05) is 16.6 Å². The maximum Gasteiger partial charge on any atom is 0.328 e. The molecule has 19 heavy (non-hydrogen) atoms. The van der Waals surface area contributed by atoms with Crippen LogP contribution in [0.1, 0.15) is 16.1 Å². The van der Waals surface area contributed by atoms with Crippen LogP contribution in [0.3, 0.4) is 0 Å². The first-order valence-electron chi connectivity index (χ1n) is 5.76. The Labute approximate surface area is 109 Å². The topological polar surface area (TPSA) is 102 Å². The molecule has 2 rings (SSSR count). The summed E-state index contributed by atoms with van der Waals surface area (Å²) >= 11 is 0. The number of benzene rings is 1. The highest BCUT2D eigenvalue weighted by atomic mass is 16.4. The van der Waals surface area contributed by atoms with Crippen LogP contribution >= 0.6 is 0 Å². The maximum atomic E-state index is 12.1. The summed E-state index contributed by atoms with van der Waals surface area (Å²) in [6.07, 6.45) is 0. The number of fused-ring (bicyclic) bond motifs is 1. The summed E-state index contributed by atoms with van der Waals surface area (Å²) in [6, 6.07) is 5.95. The van der Waals surface area contributed by atoms with Gasteiger partial charge in [0.25, 0.3) is 5.91 Å². The molecule has 1 atom stereocenters. The van der Waals surface area contributed by atoms with Gasteiger partial charge in [-0.15, -0.1) is 0 Å². The van der Waals surface area contributed by atoms with Crippen molar-refractivity contribution < 1.29 is 19.8 Å². The first kappa shape index (κ1) is 13.1. The normalized spacial score (nSPS) is 12.3. The number of rotatable bonds is 4. The Hall–Kier alpha value is -2.34. The fourth-order valence-corrected chi connectivity index (χ4v) is 1.99. The Morgan fingerprint density at radius 2 is 2.05 bits per heavy atom. The van der Waals surface area contributed by atoms with E-state index in [1.165, 1.54) is 0 Å². The number of aliphatic hydroxyl groups excluding tert-OH is 1. The maximum absolute atomic E-state index is 12.1. The highest BCUT2D eigenvalue weighted by molar-refractivity contribution is 6.08.